The van der Waals surface area contributed by atoms with Crippen molar-refractivity contribution in [3.8, 4) is 0 Å². The minimum absolute atomic E-state index is 0.00772. The molecule has 0 aliphatic heterocycles. The van der Waals surface area contributed by atoms with Gasteiger partial charge in [0.25, 0.3) is 0 Å². The molecule has 0 unspecified atom stereocenters. The Morgan fingerprint density at radius 3 is 2.63 bits per heavy atom. The average Bonchev–Trinajstić information content (AvgIpc) is 2.66. The summed E-state index contributed by atoms with van der Waals surface area (Å²) in [6.45, 7) is 2.41. The number of anilines is 2. The van der Waals surface area contributed by atoms with Crippen LogP contribution in [0.3, 0.4) is 0 Å². The third-order valence-electron chi connectivity index (χ3n) is 4.21. The van der Waals surface area contributed by atoms with E-state index in [1.165, 1.54) is 39.2 Å². The normalized spacial score (nSPS) is 12.2. The van der Waals surface area contributed by atoms with Crippen molar-refractivity contribution in [2.75, 3.05) is 18.2 Å². The molecule has 30 heavy (non-hydrogen) atoms. The second kappa shape index (κ2) is 9.24. The second-order valence-corrected chi connectivity index (χ2v) is 7.38. The second-order valence-electron chi connectivity index (χ2n) is 6.97. The van der Waals surface area contributed by atoms with E-state index in [2.05, 4.69) is 15.6 Å². The largest absolute Gasteiger partial charge is 0.481 e. The van der Waals surface area contributed by atoms with Gasteiger partial charge in [0.1, 0.15) is 11.6 Å². The van der Waals surface area contributed by atoms with Crippen molar-refractivity contribution in [2.45, 2.75) is 32.1 Å². The number of halogens is 2. The van der Waals surface area contributed by atoms with Gasteiger partial charge < -0.3 is 26.0 Å². The lowest BCUT2D eigenvalue weighted by molar-refractivity contribution is 0.0415. The molecule has 2 aromatic rings. The quantitative estimate of drug-likeness (QED) is 0.300. The van der Waals surface area contributed by atoms with E-state index in [1.54, 1.807) is 0 Å². The molecular formula is C19H23ClFN5O4. The molecule has 9 nitrogen and oxygen atoms in total. The number of aliphatic hydroxyl groups excluding tert-OH is 1. The van der Waals surface area contributed by atoms with Crippen LogP contribution in [0.15, 0.2) is 24.3 Å². The van der Waals surface area contributed by atoms with Gasteiger partial charge >= 0.3 is 6.03 Å². The van der Waals surface area contributed by atoms with Gasteiger partial charge in [-0.05, 0) is 31.5 Å². The molecule has 1 aromatic carbocycles. The van der Waals surface area contributed by atoms with Crippen LogP contribution in [-0.4, -0.2) is 39.8 Å². The number of pyridine rings is 1. The molecule has 0 fully saturated rings. The summed E-state index contributed by atoms with van der Waals surface area (Å²) in [4.78, 5) is 16.6. The summed E-state index contributed by atoms with van der Waals surface area (Å²) in [7, 11) is 1.28. The molecule has 0 aliphatic rings. The topological polar surface area (TPSA) is 154 Å². The van der Waals surface area contributed by atoms with E-state index in [1.807, 2.05) is 0 Å². The first-order valence-corrected chi connectivity index (χ1v) is 9.13. The molecule has 0 aliphatic carbocycles. The third kappa shape index (κ3) is 5.35. The van der Waals surface area contributed by atoms with Crippen molar-refractivity contribution >= 4 is 35.0 Å². The Labute approximate surface area is 177 Å². The van der Waals surface area contributed by atoms with Crippen LogP contribution in [0.2, 0.25) is 5.02 Å². The number of carbonyl (C=O) groups excluding carboxylic acids is 1. The van der Waals surface area contributed by atoms with Gasteiger partial charge in [-0.3, -0.25) is 10.7 Å². The molecular weight excluding hydrogens is 417 g/mol. The first-order valence-electron chi connectivity index (χ1n) is 8.76. The highest BCUT2D eigenvalue weighted by atomic mass is 35.5. The van der Waals surface area contributed by atoms with Crippen molar-refractivity contribution in [3.63, 3.8) is 0 Å². The third-order valence-corrected chi connectivity index (χ3v) is 4.50. The van der Waals surface area contributed by atoms with Gasteiger partial charge in [-0.2, -0.15) is 0 Å². The number of ether oxygens (including phenoxy) is 1. The van der Waals surface area contributed by atoms with E-state index in [-0.39, 0.29) is 33.7 Å². The maximum absolute atomic E-state index is 13.5. The zero-order chi connectivity index (χ0) is 22.6. The van der Waals surface area contributed by atoms with Crippen LogP contribution in [0.1, 0.15) is 36.7 Å². The number of nitrogens with two attached hydrogens (primary N) is 1. The number of rotatable bonds is 6. The highest BCUT2D eigenvalue weighted by Gasteiger charge is 2.30. The van der Waals surface area contributed by atoms with Crippen molar-refractivity contribution in [2.24, 2.45) is 0 Å². The first kappa shape index (κ1) is 23.3. The molecule has 162 valence electrons. The molecule has 1 heterocycles. The predicted molar refractivity (Wildman–Crippen MR) is 111 cm³/mol. The zero-order valence-corrected chi connectivity index (χ0v) is 17.3. The van der Waals surface area contributed by atoms with Crippen molar-refractivity contribution in [1.29, 1.82) is 5.41 Å². The van der Waals surface area contributed by atoms with E-state index >= 15 is 0 Å². The fraction of sp³-hybridized carbons (Fsp3) is 0.316. The monoisotopic (exact) mass is 439 g/mol. The van der Waals surface area contributed by atoms with E-state index in [4.69, 9.17) is 27.5 Å². The van der Waals surface area contributed by atoms with Crippen molar-refractivity contribution in [1.82, 2.24) is 10.3 Å². The maximum atomic E-state index is 13.5. The lowest BCUT2D eigenvalue weighted by Crippen LogP contribution is -2.44. The number of aromatic nitrogens is 1. The van der Waals surface area contributed by atoms with Gasteiger partial charge in [-0.25, -0.2) is 14.2 Å². The van der Waals surface area contributed by atoms with Gasteiger partial charge in [0.15, 0.2) is 0 Å². The number of nitrogens with zero attached hydrogens (tertiary/aromatic N) is 1. The van der Waals surface area contributed by atoms with E-state index < -0.39 is 30.1 Å². The molecule has 2 rings (SSSR count). The highest BCUT2D eigenvalue weighted by Crippen LogP contribution is 2.29. The number of urea groups is 1. The minimum atomic E-state index is -1.42. The summed E-state index contributed by atoms with van der Waals surface area (Å²) >= 11 is 5.82. The molecule has 0 bridgehead atoms. The number of nitrogen functional groups attached to an aromatic ring is 1. The lowest BCUT2D eigenvalue weighted by atomic mass is 9.92. The summed E-state index contributed by atoms with van der Waals surface area (Å²) in [5.74, 6) is -0.902. The van der Waals surface area contributed by atoms with Gasteiger partial charge in [-0.15, -0.1) is 0 Å². The Hall–Kier alpha value is -2.95. The van der Waals surface area contributed by atoms with E-state index in [9.17, 15) is 19.4 Å². The summed E-state index contributed by atoms with van der Waals surface area (Å²) in [5, 5.41) is 32.6. The van der Waals surface area contributed by atoms with Gasteiger partial charge in [0.05, 0.1) is 41.6 Å². The van der Waals surface area contributed by atoms with Crippen molar-refractivity contribution < 1.29 is 24.1 Å². The number of nitrogens with one attached hydrogen (secondary N) is 3. The molecule has 0 saturated heterocycles. The van der Waals surface area contributed by atoms with Crippen LogP contribution < -0.4 is 16.4 Å². The van der Waals surface area contributed by atoms with Crippen LogP contribution in [0.25, 0.3) is 0 Å². The average molecular weight is 440 g/mol. The summed E-state index contributed by atoms with van der Waals surface area (Å²) in [5.41, 5.74) is 5.10. The van der Waals surface area contributed by atoms with Crippen LogP contribution in [-0.2, 0) is 11.3 Å². The molecule has 0 radical (unpaired) electrons. The SMILES string of the molecule is COC(=N)c1c(N)cc(NC(=O)N[C@@H](c2ccc(F)c(Cl)c2)C(C)(C)O)nc1CO. The standard InChI is InChI=1S/C19H23ClFN5O4/c1-19(2,29)16(9-4-5-11(21)10(20)6-9)26-18(28)25-14-7-12(22)15(17(23)30-3)13(8-27)24-14/h4-7,16,23,27,29H,8H2,1-3H3,(H4,22,24,25,26,28)/t16-/m0/s1. The summed E-state index contributed by atoms with van der Waals surface area (Å²) in [6, 6.07) is 3.46. The number of amides is 2. The number of hydrogen-bond acceptors (Lipinski definition) is 7. The molecule has 1 atom stereocenters. The maximum Gasteiger partial charge on any atom is 0.320 e. The lowest BCUT2D eigenvalue weighted by Gasteiger charge is -2.30. The predicted octanol–water partition coefficient (Wildman–Crippen LogP) is 2.55. The molecule has 2 amide bonds. The molecule has 11 heteroatoms. The van der Waals surface area contributed by atoms with Crippen molar-refractivity contribution in [3.05, 3.63) is 51.9 Å². The fourth-order valence-electron chi connectivity index (χ4n) is 2.81. The Balaban J connectivity index is 2.28. The zero-order valence-electron chi connectivity index (χ0n) is 16.6. The Bertz CT molecular complexity index is 965. The van der Waals surface area contributed by atoms with E-state index in [0.717, 1.165) is 6.07 Å². The van der Waals surface area contributed by atoms with E-state index in [0.29, 0.717) is 5.56 Å². The van der Waals surface area contributed by atoms with Gasteiger partial charge in [-0.1, -0.05) is 17.7 Å². The van der Waals surface area contributed by atoms with Crippen LogP contribution >= 0.6 is 11.6 Å². The Kier molecular flexibility index (Phi) is 7.19. The number of carbonyl (C=O) groups is 1. The smallest absolute Gasteiger partial charge is 0.320 e. The van der Waals surface area contributed by atoms with Crippen LogP contribution in [0.5, 0.6) is 0 Å². The minimum Gasteiger partial charge on any atom is -0.481 e. The molecule has 0 spiro atoms. The molecule has 1 aromatic heterocycles. The molecule has 7 N–H and O–H groups in total. The number of methoxy groups -OCH3 is 1. The Morgan fingerprint density at radius 2 is 2.10 bits per heavy atom. The fourth-order valence-corrected chi connectivity index (χ4v) is 2.99. The molecule has 0 saturated carbocycles. The van der Waals surface area contributed by atoms with Gasteiger partial charge in [0.2, 0.25) is 5.90 Å². The van der Waals surface area contributed by atoms with Gasteiger partial charge in [0, 0.05) is 11.8 Å². The number of aliphatic hydroxyl groups is 2. The number of benzene rings is 1. The van der Waals surface area contributed by atoms with Crippen LogP contribution in [0.4, 0.5) is 20.7 Å². The highest BCUT2D eigenvalue weighted by molar-refractivity contribution is 6.30. The first-order chi connectivity index (χ1) is 14.0. The number of hydrogen-bond donors (Lipinski definition) is 6. The Morgan fingerprint density at radius 1 is 1.43 bits per heavy atom. The summed E-state index contributed by atoms with van der Waals surface area (Å²) in [6.07, 6.45) is 0. The summed E-state index contributed by atoms with van der Waals surface area (Å²) < 4.78 is 18.3. The van der Waals surface area contributed by atoms with Crippen LogP contribution in [0, 0.1) is 11.2 Å².